The van der Waals surface area contributed by atoms with Gasteiger partial charge >= 0.3 is 5.97 Å². The Morgan fingerprint density at radius 2 is 2.12 bits per heavy atom. The van der Waals surface area contributed by atoms with E-state index in [-0.39, 0.29) is 18.8 Å². The third-order valence-electron chi connectivity index (χ3n) is 2.18. The van der Waals surface area contributed by atoms with Gasteiger partial charge in [-0.2, -0.15) is 5.26 Å². The average molecular weight is 231 g/mol. The SMILES string of the molecule is CCOC(=O)c1ccc(CC(C)=O)c(C#N)c1. The van der Waals surface area contributed by atoms with E-state index in [1.165, 1.54) is 13.0 Å². The Bertz CT molecular complexity index is 486. The number of esters is 1. The minimum Gasteiger partial charge on any atom is -0.462 e. The van der Waals surface area contributed by atoms with Crippen molar-refractivity contribution in [1.82, 2.24) is 0 Å². The third kappa shape index (κ3) is 3.42. The van der Waals surface area contributed by atoms with E-state index in [1.54, 1.807) is 19.1 Å². The van der Waals surface area contributed by atoms with E-state index in [0.717, 1.165) is 0 Å². The van der Waals surface area contributed by atoms with E-state index >= 15 is 0 Å². The number of Topliss-reactive ketones (excluding diaryl/α,β-unsaturated/α-hetero) is 1. The second kappa shape index (κ2) is 5.80. The number of nitriles is 1. The van der Waals surface area contributed by atoms with Crippen LogP contribution in [-0.4, -0.2) is 18.4 Å². The summed E-state index contributed by atoms with van der Waals surface area (Å²) in [7, 11) is 0. The first-order valence-corrected chi connectivity index (χ1v) is 5.28. The van der Waals surface area contributed by atoms with Crippen LogP contribution in [0.1, 0.15) is 35.3 Å². The van der Waals surface area contributed by atoms with Gasteiger partial charge in [-0.3, -0.25) is 4.79 Å². The summed E-state index contributed by atoms with van der Waals surface area (Å²) in [6.45, 7) is 3.46. The Morgan fingerprint density at radius 3 is 2.65 bits per heavy atom. The lowest BCUT2D eigenvalue weighted by atomic mass is 10.0. The molecule has 0 aromatic heterocycles. The first-order chi connectivity index (χ1) is 8.08. The largest absolute Gasteiger partial charge is 0.462 e. The summed E-state index contributed by atoms with van der Waals surface area (Å²) in [4.78, 5) is 22.4. The monoisotopic (exact) mass is 231 g/mol. The highest BCUT2D eigenvalue weighted by molar-refractivity contribution is 5.90. The van der Waals surface area contributed by atoms with Crippen molar-refractivity contribution in [3.8, 4) is 6.07 Å². The number of ether oxygens (including phenoxy) is 1. The Hall–Kier alpha value is -2.15. The average Bonchev–Trinajstić information content (AvgIpc) is 2.29. The molecular weight excluding hydrogens is 218 g/mol. The molecule has 0 amide bonds. The fourth-order valence-electron chi connectivity index (χ4n) is 1.44. The Balaban J connectivity index is 3.05. The maximum Gasteiger partial charge on any atom is 0.338 e. The van der Waals surface area contributed by atoms with Crippen LogP contribution >= 0.6 is 0 Å². The molecule has 4 heteroatoms. The van der Waals surface area contributed by atoms with E-state index in [0.29, 0.717) is 16.7 Å². The van der Waals surface area contributed by atoms with Crippen molar-refractivity contribution in [1.29, 1.82) is 5.26 Å². The number of carbonyl (C=O) groups is 2. The van der Waals surface area contributed by atoms with Gasteiger partial charge in [-0.15, -0.1) is 0 Å². The van der Waals surface area contributed by atoms with Gasteiger partial charge in [-0.25, -0.2) is 4.79 Å². The molecule has 0 atom stereocenters. The lowest BCUT2D eigenvalue weighted by Gasteiger charge is -2.05. The summed E-state index contributed by atoms with van der Waals surface area (Å²) in [6.07, 6.45) is 0.200. The number of benzene rings is 1. The second-order valence-electron chi connectivity index (χ2n) is 3.58. The summed E-state index contributed by atoms with van der Waals surface area (Å²) in [5, 5.41) is 8.95. The van der Waals surface area contributed by atoms with Crippen LogP contribution in [0.2, 0.25) is 0 Å². The molecule has 0 fully saturated rings. The van der Waals surface area contributed by atoms with Crippen LogP contribution in [-0.2, 0) is 16.0 Å². The van der Waals surface area contributed by atoms with E-state index in [9.17, 15) is 9.59 Å². The van der Waals surface area contributed by atoms with Crippen LogP contribution in [0.5, 0.6) is 0 Å². The molecular formula is C13H13NO3. The van der Waals surface area contributed by atoms with E-state index in [2.05, 4.69) is 0 Å². The molecule has 0 bridgehead atoms. The topological polar surface area (TPSA) is 67.2 Å². The molecule has 0 aliphatic rings. The molecule has 0 saturated heterocycles. The quantitative estimate of drug-likeness (QED) is 0.742. The van der Waals surface area contributed by atoms with Crippen LogP contribution in [0, 0.1) is 11.3 Å². The van der Waals surface area contributed by atoms with Gasteiger partial charge in [0.1, 0.15) is 5.78 Å². The zero-order valence-electron chi connectivity index (χ0n) is 9.82. The van der Waals surface area contributed by atoms with Crippen molar-refractivity contribution < 1.29 is 14.3 Å². The van der Waals surface area contributed by atoms with Crippen LogP contribution in [0.4, 0.5) is 0 Å². The molecule has 0 N–H and O–H groups in total. The molecule has 17 heavy (non-hydrogen) atoms. The van der Waals surface area contributed by atoms with E-state index in [4.69, 9.17) is 10.00 Å². The van der Waals surface area contributed by atoms with Gasteiger partial charge in [0.2, 0.25) is 0 Å². The molecule has 1 aromatic rings. The molecule has 0 unspecified atom stereocenters. The molecule has 88 valence electrons. The van der Waals surface area contributed by atoms with Gasteiger partial charge in [0, 0.05) is 6.42 Å². The molecule has 0 aliphatic heterocycles. The minimum absolute atomic E-state index is 0.0228. The zero-order valence-corrected chi connectivity index (χ0v) is 9.82. The molecule has 0 aliphatic carbocycles. The van der Waals surface area contributed by atoms with Crippen molar-refractivity contribution in [3.05, 3.63) is 34.9 Å². The predicted molar refractivity (Wildman–Crippen MR) is 61.5 cm³/mol. The second-order valence-corrected chi connectivity index (χ2v) is 3.58. The summed E-state index contributed by atoms with van der Waals surface area (Å²) < 4.78 is 4.83. The minimum atomic E-state index is -0.460. The van der Waals surface area contributed by atoms with Gasteiger partial charge in [-0.05, 0) is 31.5 Å². The van der Waals surface area contributed by atoms with Gasteiger partial charge in [0.15, 0.2) is 0 Å². The number of hydrogen-bond acceptors (Lipinski definition) is 4. The summed E-state index contributed by atoms with van der Waals surface area (Å²) >= 11 is 0. The fraction of sp³-hybridized carbons (Fsp3) is 0.308. The smallest absolute Gasteiger partial charge is 0.338 e. The Labute approximate surface area is 99.8 Å². The molecule has 0 radical (unpaired) electrons. The maximum absolute atomic E-state index is 11.4. The zero-order chi connectivity index (χ0) is 12.8. The Morgan fingerprint density at radius 1 is 1.41 bits per heavy atom. The van der Waals surface area contributed by atoms with Crippen molar-refractivity contribution >= 4 is 11.8 Å². The van der Waals surface area contributed by atoms with Gasteiger partial charge in [-0.1, -0.05) is 6.07 Å². The maximum atomic E-state index is 11.4. The number of ketones is 1. The van der Waals surface area contributed by atoms with Crippen molar-refractivity contribution in [2.75, 3.05) is 6.61 Å². The Kier molecular flexibility index (Phi) is 4.41. The predicted octanol–water partition coefficient (Wildman–Crippen LogP) is 1.87. The van der Waals surface area contributed by atoms with Gasteiger partial charge < -0.3 is 4.74 Å². The molecule has 4 nitrogen and oxygen atoms in total. The number of nitrogens with zero attached hydrogens (tertiary/aromatic N) is 1. The highest BCUT2D eigenvalue weighted by Crippen LogP contribution is 2.13. The molecule has 0 spiro atoms. The third-order valence-corrected chi connectivity index (χ3v) is 2.18. The van der Waals surface area contributed by atoms with E-state index < -0.39 is 5.97 Å². The number of rotatable bonds is 4. The number of hydrogen-bond donors (Lipinski definition) is 0. The summed E-state index contributed by atoms with van der Waals surface area (Å²) in [5.74, 6) is -0.483. The normalized spacial score (nSPS) is 9.47. The van der Waals surface area contributed by atoms with Gasteiger partial charge in [0.25, 0.3) is 0 Å². The standard InChI is InChI=1S/C13H13NO3/c1-3-17-13(16)11-5-4-10(6-9(2)15)12(7-11)8-14/h4-5,7H,3,6H2,1-2H3. The number of carbonyl (C=O) groups excluding carboxylic acids is 2. The lowest BCUT2D eigenvalue weighted by molar-refractivity contribution is -0.116. The summed E-state index contributed by atoms with van der Waals surface area (Å²) in [6, 6.07) is 6.62. The molecule has 0 heterocycles. The first-order valence-electron chi connectivity index (χ1n) is 5.28. The van der Waals surface area contributed by atoms with Gasteiger partial charge in [0.05, 0.1) is 23.8 Å². The van der Waals surface area contributed by atoms with Crippen molar-refractivity contribution in [2.24, 2.45) is 0 Å². The van der Waals surface area contributed by atoms with Crippen molar-refractivity contribution in [3.63, 3.8) is 0 Å². The summed E-state index contributed by atoms with van der Waals surface area (Å²) in [5.41, 5.74) is 1.30. The highest BCUT2D eigenvalue weighted by Gasteiger charge is 2.11. The molecule has 1 aromatic carbocycles. The van der Waals surface area contributed by atoms with Crippen LogP contribution in [0.3, 0.4) is 0 Å². The van der Waals surface area contributed by atoms with Crippen LogP contribution in [0.25, 0.3) is 0 Å². The first kappa shape index (κ1) is 12.9. The molecule has 1 rings (SSSR count). The van der Waals surface area contributed by atoms with Crippen LogP contribution in [0.15, 0.2) is 18.2 Å². The molecule has 0 saturated carbocycles. The van der Waals surface area contributed by atoms with Crippen molar-refractivity contribution in [2.45, 2.75) is 20.3 Å². The lowest BCUT2D eigenvalue weighted by Crippen LogP contribution is -2.06. The van der Waals surface area contributed by atoms with E-state index in [1.807, 2.05) is 6.07 Å². The van der Waals surface area contributed by atoms with Crippen LogP contribution < -0.4 is 0 Å². The fourth-order valence-corrected chi connectivity index (χ4v) is 1.44. The highest BCUT2D eigenvalue weighted by atomic mass is 16.5.